The molecule has 0 bridgehead atoms. The van der Waals surface area contributed by atoms with Crippen LogP contribution in [-0.2, 0) is 0 Å². The molecule has 1 N–H and O–H groups in total. The summed E-state index contributed by atoms with van der Waals surface area (Å²) in [6.07, 6.45) is 3.73. The molecule has 2 aromatic carbocycles. The highest BCUT2D eigenvalue weighted by atomic mass is 79.9. The molecule has 3 heterocycles. The zero-order chi connectivity index (χ0) is 23.8. The molecule has 170 valence electrons. The quantitative estimate of drug-likeness (QED) is 0.192. The molecule has 0 radical (unpaired) electrons. The lowest BCUT2D eigenvalue weighted by Gasteiger charge is -2.29. The minimum Gasteiger partial charge on any atom is -0.351 e. The van der Waals surface area contributed by atoms with Crippen molar-refractivity contribution in [3.05, 3.63) is 117 Å². The summed E-state index contributed by atoms with van der Waals surface area (Å²) < 4.78 is 3.07. The Kier molecular flexibility index (Phi) is 5.89. The first-order valence-electron chi connectivity index (χ1n) is 10.6. The molecule has 2 aromatic heterocycles. The molecular formula is C25H20BrN5O2S. The first-order chi connectivity index (χ1) is 16.4. The molecule has 7 nitrogen and oxygen atoms in total. The number of anilines is 1. The fourth-order valence-electron chi connectivity index (χ4n) is 4.32. The number of aryl methyl sites for hydroxylation is 1. The maximum Gasteiger partial charge on any atom is 0.269 e. The van der Waals surface area contributed by atoms with Crippen LogP contribution in [0.1, 0.15) is 29.0 Å². The number of hydrogen-bond donors (Lipinski definition) is 1. The second-order valence-electron chi connectivity index (χ2n) is 8.01. The molecule has 1 aliphatic heterocycles. The zero-order valence-corrected chi connectivity index (χ0v) is 20.5. The summed E-state index contributed by atoms with van der Waals surface area (Å²) in [6, 6.07) is 22.2. The fraction of sp³-hybridized carbons (Fsp3) is 0.120. The van der Waals surface area contributed by atoms with Gasteiger partial charge in [-0.3, -0.25) is 15.1 Å². The Morgan fingerprint density at radius 1 is 1.06 bits per heavy atom. The third-order valence-electron chi connectivity index (χ3n) is 5.94. The van der Waals surface area contributed by atoms with Crippen molar-refractivity contribution in [2.24, 2.45) is 0 Å². The molecule has 1 saturated heterocycles. The largest absolute Gasteiger partial charge is 0.351 e. The lowest BCUT2D eigenvalue weighted by Crippen LogP contribution is -2.30. The van der Waals surface area contributed by atoms with Crippen LogP contribution in [0.3, 0.4) is 0 Å². The first-order valence-corrected chi connectivity index (χ1v) is 11.8. The summed E-state index contributed by atoms with van der Waals surface area (Å²) in [7, 11) is 0. The van der Waals surface area contributed by atoms with E-state index in [2.05, 4.69) is 43.3 Å². The predicted molar refractivity (Wildman–Crippen MR) is 139 cm³/mol. The van der Waals surface area contributed by atoms with Crippen LogP contribution in [0, 0.1) is 17.0 Å². The highest BCUT2D eigenvalue weighted by Gasteiger charge is 2.42. The Bertz CT molecular complexity index is 1370. The molecule has 1 fully saturated rings. The summed E-state index contributed by atoms with van der Waals surface area (Å²) in [4.78, 5) is 17.5. The number of aromatic nitrogens is 2. The highest BCUT2D eigenvalue weighted by molar-refractivity contribution is 9.10. The second kappa shape index (κ2) is 9.00. The highest BCUT2D eigenvalue weighted by Crippen LogP contribution is 2.42. The van der Waals surface area contributed by atoms with Crippen LogP contribution < -0.4 is 10.2 Å². The van der Waals surface area contributed by atoms with Crippen molar-refractivity contribution < 1.29 is 4.92 Å². The number of pyridine rings is 1. The van der Waals surface area contributed by atoms with E-state index >= 15 is 0 Å². The van der Waals surface area contributed by atoms with Crippen molar-refractivity contribution in [1.82, 2.24) is 14.9 Å². The van der Waals surface area contributed by atoms with E-state index in [-0.39, 0.29) is 17.8 Å². The van der Waals surface area contributed by atoms with Crippen LogP contribution in [-0.4, -0.2) is 19.6 Å². The molecular weight excluding hydrogens is 514 g/mol. The SMILES string of the molecule is Cc1cc(N2C(=S)N[C@H](c3ccccn3)[C@H]2c2cccn2-c2ccc([N+](=O)[O-])cc2)ccc1Br. The van der Waals surface area contributed by atoms with Crippen LogP contribution in [0.2, 0.25) is 0 Å². The standard InChI is InChI=1S/C25H20BrN5O2S/c1-16-15-19(11-12-20(16)26)30-24(23(28-25(30)34)21-5-2-3-13-27-21)22-6-4-14-29(22)17-7-9-18(10-8-17)31(32)33/h2-15,23-24H,1H3,(H,28,34)/t23-,24-/m1/s1. The summed E-state index contributed by atoms with van der Waals surface area (Å²) >= 11 is 9.41. The van der Waals surface area contributed by atoms with E-state index in [1.54, 1.807) is 18.3 Å². The average molecular weight is 534 g/mol. The molecule has 1 aliphatic rings. The lowest BCUT2D eigenvalue weighted by molar-refractivity contribution is -0.384. The Morgan fingerprint density at radius 2 is 1.82 bits per heavy atom. The Morgan fingerprint density at radius 3 is 2.50 bits per heavy atom. The van der Waals surface area contributed by atoms with Crippen molar-refractivity contribution in [1.29, 1.82) is 0 Å². The van der Waals surface area contributed by atoms with Gasteiger partial charge in [-0.2, -0.15) is 0 Å². The van der Waals surface area contributed by atoms with Gasteiger partial charge in [-0.15, -0.1) is 0 Å². The zero-order valence-electron chi connectivity index (χ0n) is 18.1. The van der Waals surface area contributed by atoms with Gasteiger partial charge in [-0.1, -0.05) is 22.0 Å². The molecule has 0 unspecified atom stereocenters. The van der Waals surface area contributed by atoms with E-state index in [1.165, 1.54) is 12.1 Å². The molecule has 0 saturated carbocycles. The third-order valence-corrected chi connectivity index (χ3v) is 7.14. The number of nitrogens with zero attached hydrogens (tertiary/aromatic N) is 4. The predicted octanol–water partition coefficient (Wildman–Crippen LogP) is 6.03. The van der Waals surface area contributed by atoms with Gasteiger partial charge >= 0.3 is 0 Å². The van der Waals surface area contributed by atoms with E-state index < -0.39 is 4.92 Å². The van der Waals surface area contributed by atoms with E-state index in [1.807, 2.05) is 54.1 Å². The third kappa shape index (κ3) is 3.97. The van der Waals surface area contributed by atoms with Crippen LogP contribution >= 0.6 is 28.1 Å². The summed E-state index contributed by atoms with van der Waals surface area (Å²) in [5.74, 6) is 0. The van der Waals surface area contributed by atoms with E-state index in [0.29, 0.717) is 5.11 Å². The number of hydrogen-bond acceptors (Lipinski definition) is 4. The van der Waals surface area contributed by atoms with Gasteiger partial charge in [0.25, 0.3) is 5.69 Å². The Balaban J connectivity index is 1.65. The van der Waals surface area contributed by atoms with Crippen molar-refractivity contribution in [2.75, 3.05) is 4.90 Å². The topological polar surface area (TPSA) is 76.2 Å². The second-order valence-corrected chi connectivity index (χ2v) is 9.25. The van der Waals surface area contributed by atoms with Gasteiger partial charge in [0.05, 0.1) is 16.7 Å². The number of nitro groups is 1. The van der Waals surface area contributed by atoms with Crippen molar-refractivity contribution >= 4 is 44.6 Å². The van der Waals surface area contributed by atoms with E-state index in [0.717, 1.165) is 32.8 Å². The minimum atomic E-state index is -0.394. The summed E-state index contributed by atoms with van der Waals surface area (Å²) in [5, 5.41) is 15.2. The van der Waals surface area contributed by atoms with Gasteiger partial charge in [-0.05, 0) is 79.3 Å². The number of benzene rings is 2. The number of non-ortho nitro benzene ring substituents is 1. The number of halogens is 1. The Hall–Kier alpha value is -3.56. The van der Waals surface area contributed by atoms with Crippen LogP contribution in [0.5, 0.6) is 0 Å². The van der Waals surface area contributed by atoms with E-state index in [4.69, 9.17) is 12.2 Å². The number of nitrogens with one attached hydrogen (secondary N) is 1. The monoisotopic (exact) mass is 533 g/mol. The molecule has 4 aromatic rings. The lowest BCUT2D eigenvalue weighted by atomic mass is 10.0. The van der Waals surface area contributed by atoms with Crippen molar-refractivity contribution in [2.45, 2.75) is 19.0 Å². The molecule has 9 heteroatoms. The average Bonchev–Trinajstić information content (AvgIpc) is 3.46. The molecule has 0 spiro atoms. The van der Waals surface area contributed by atoms with Crippen LogP contribution in [0.4, 0.5) is 11.4 Å². The smallest absolute Gasteiger partial charge is 0.269 e. The minimum absolute atomic E-state index is 0.0551. The molecule has 2 atom stereocenters. The van der Waals surface area contributed by atoms with Crippen LogP contribution in [0.25, 0.3) is 5.69 Å². The Labute approximate surface area is 210 Å². The van der Waals surface area contributed by atoms with Gasteiger partial charge in [0.15, 0.2) is 5.11 Å². The normalized spacial score (nSPS) is 17.6. The molecule has 0 amide bonds. The number of thiocarbonyl (C=S) groups is 1. The molecule has 34 heavy (non-hydrogen) atoms. The number of rotatable bonds is 5. The van der Waals surface area contributed by atoms with Gasteiger partial charge in [-0.25, -0.2) is 0 Å². The molecule has 0 aliphatic carbocycles. The van der Waals surface area contributed by atoms with Crippen LogP contribution in [0.15, 0.2) is 89.7 Å². The van der Waals surface area contributed by atoms with Gasteiger partial charge in [0.1, 0.15) is 6.04 Å². The van der Waals surface area contributed by atoms with E-state index in [9.17, 15) is 10.1 Å². The van der Waals surface area contributed by atoms with Crippen molar-refractivity contribution in [3.8, 4) is 5.69 Å². The number of nitro benzene ring substituents is 1. The maximum atomic E-state index is 11.1. The van der Waals surface area contributed by atoms with Gasteiger partial charge in [0.2, 0.25) is 0 Å². The summed E-state index contributed by atoms with van der Waals surface area (Å²) in [6.45, 7) is 2.05. The molecule has 5 rings (SSSR count). The maximum absolute atomic E-state index is 11.1. The van der Waals surface area contributed by atoms with Gasteiger partial charge in [0, 0.05) is 46.1 Å². The first kappa shape index (κ1) is 22.2. The fourth-order valence-corrected chi connectivity index (χ4v) is 4.91. The van der Waals surface area contributed by atoms with Gasteiger partial charge < -0.3 is 14.8 Å². The summed E-state index contributed by atoms with van der Waals surface area (Å²) in [5.41, 5.74) is 4.82. The van der Waals surface area contributed by atoms with Crippen molar-refractivity contribution in [3.63, 3.8) is 0 Å².